The molecule has 0 bridgehead atoms. The Morgan fingerprint density at radius 1 is 0.923 bits per heavy atom. The van der Waals surface area contributed by atoms with Crippen LogP contribution in [0.4, 0.5) is 0 Å². The number of hydrogen-bond donors (Lipinski definition) is 2. The maximum Gasteiger partial charge on any atom is 0.269 e. The van der Waals surface area contributed by atoms with Gasteiger partial charge in [0.05, 0.1) is 14.2 Å². The summed E-state index contributed by atoms with van der Waals surface area (Å²) in [5, 5.41) is 0. The Hall–Kier alpha value is -3.28. The lowest BCUT2D eigenvalue weighted by Crippen LogP contribution is -2.40. The zero-order valence-electron chi connectivity index (χ0n) is 15.3. The van der Waals surface area contributed by atoms with Crippen molar-refractivity contribution in [3.63, 3.8) is 0 Å². The van der Waals surface area contributed by atoms with E-state index in [2.05, 4.69) is 10.9 Å². The zero-order valence-corrected chi connectivity index (χ0v) is 15.3. The van der Waals surface area contributed by atoms with Crippen LogP contribution in [-0.2, 0) is 4.79 Å². The quantitative estimate of drug-likeness (QED) is 0.639. The molecule has 0 aliphatic heterocycles. The molecule has 2 N–H and O–H groups in total. The average molecular weight is 354 g/mol. The van der Waals surface area contributed by atoms with Crippen molar-refractivity contribution in [2.24, 2.45) is 0 Å². The highest BCUT2D eigenvalue weighted by Gasteiger charge is 2.11. The number of hydrazine groups is 1. The highest BCUT2D eigenvalue weighted by Crippen LogP contribution is 2.27. The first-order chi connectivity index (χ1) is 12.4. The van der Waals surface area contributed by atoms with Gasteiger partial charge in [0.2, 0.25) is 0 Å². The third-order valence-corrected chi connectivity index (χ3v) is 3.78. The van der Waals surface area contributed by atoms with E-state index in [9.17, 15) is 9.59 Å². The molecule has 136 valence electrons. The molecule has 0 aromatic heterocycles. The molecular weight excluding hydrogens is 332 g/mol. The van der Waals surface area contributed by atoms with Crippen molar-refractivity contribution in [1.29, 1.82) is 0 Å². The summed E-state index contributed by atoms with van der Waals surface area (Å²) in [6.07, 6.45) is 3.07. The Morgan fingerprint density at radius 3 is 2.31 bits per heavy atom. The second-order valence-electron chi connectivity index (χ2n) is 5.71. The van der Waals surface area contributed by atoms with Crippen molar-refractivity contribution in [2.45, 2.75) is 13.8 Å². The van der Waals surface area contributed by atoms with Crippen LogP contribution < -0.4 is 20.3 Å². The van der Waals surface area contributed by atoms with E-state index in [1.165, 1.54) is 26.4 Å². The minimum absolute atomic E-state index is 0.335. The first kappa shape index (κ1) is 19.1. The topological polar surface area (TPSA) is 76.7 Å². The van der Waals surface area contributed by atoms with E-state index in [1.807, 2.05) is 32.0 Å². The third kappa shape index (κ3) is 4.86. The average Bonchev–Trinajstić information content (AvgIpc) is 2.64. The van der Waals surface area contributed by atoms with Crippen LogP contribution in [0.3, 0.4) is 0 Å². The van der Waals surface area contributed by atoms with E-state index in [0.717, 1.165) is 16.7 Å². The third-order valence-electron chi connectivity index (χ3n) is 3.78. The molecule has 26 heavy (non-hydrogen) atoms. The Balaban J connectivity index is 1.96. The SMILES string of the molecule is COc1ccc(C(=O)NNC(=O)/C=C/c2ccc(C)cc2C)cc1OC. The van der Waals surface area contributed by atoms with Gasteiger partial charge in [0.25, 0.3) is 11.8 Å². The van der Waals surface area contributed by atoms with Crippen molar-refractivity contribution < 1.29 is 19.1 Å². The Morgan fingerprint density at radius 2 is 1.65 bits per heavy atom. The predicted octanol–water partition coefficient (Wildman–Crippen LogP) is 2.80. The second kappa shape index (κ2) is 8.71. The molecule has 2 aromatic carbocycles. The van der Waals surface area contributed by atoms with E-state index >= 15 is 0 Å². The van der Waals surface area contributed by atoms with Gasteiger partial charge in [-0.05, 0) is 49.2 Å². The summed E-state index contributed by atoms with van der Waals surface area (Å²) >= 11 is 0. The van der Waals surface area contributed by atoms with Crippen molar-refractivity contribution in [2.75, 3.05) is 14.2 Å². The highest BCUT2D eigenvalue weighted by atomic mass is 16.5. The van der Waals surface area contributed by atoms with Gasteiger partial charge in [-0.25, -0.2) is 0 Å². The summed E-state index contributed by atoms with van der Waals surface area (Å²) in [6, 6.07) is 10.7. The fourth-order valence-corrected chi connectivity index (χ4v) is 2.39. The number of aryl methyl sites for hydroxylation is 2. The summed E-state index contributed by atoms with van der Waals surface area (Å²) in [6.45, 7) is 3.99. The van der Waals surface area contributed by atoms with Crippen LogP contribution in [0.1, 0.15) is 27.0 Å². The fourth-order valence-electron chi connectivity index (χ4n) is 2.39. The van der Waals surface area contributed by atoms with Gasteiger partial charge in [0.1, 0.15) is 0 Å². The molecule has 0 aliphatic carbocycles. The lowest BCUT2D eigenvalue weighted by atomic mass is 10.1. The van der Waals surface area contributed by atoms with E-state index in [4.69, 9.17) is 9.47 Å². The molecule has 0 saturated heterocycles. The fraction of sp³-hybridized carbons (Fsp3) is 0.200. The van der Waals surface area contributed by atoms with Gasteiger partial charge in [-0.1, -0.05) is 23.8 Å². The normalized spacial score (nSPS) is 10.5. The maximum absolute atomic E-state index is 12.1. The van der Waals surface area contributed by atoms with E-state index in [1.54, 1.807) is 18.2 Å². The number of amides is 2. The van der Waals surface area contributed by atoms with Crippen LogP contribution >= 0.6 is 0 Å². The lowest BCUT2D eigenvalue weighted by Gasteiger charge is -2.10. The Bertz CT molecular complexity index is 844. The molecule has 0 unspecified atom stereocenters. The second-order valence-corrected chi connectivity index (χ2v) is 5.71. The van der Waals surface area contributed by atoms with Crippen LogP contribution in [0.2, 0.25) is 0 Å². The summed E-state index contributed by atoms with van der Waals surface area (Å²) in [5.41, 5.74) is 8.22. The number of nitrogens with one attached hydrogen (secondary N) is 2. The lowest BCUT2D eigenvalue weighted by molar-refractivity contribution is -0.117. The Labute approximate surface area is 152 Å². The van der Waals surface area contributed by atoms with Crippen molar-refractivity contribution in [3.05, 3.63) is 64.7 Å². The maximum atomic E-state index is 12.1. The van der Waals surface area contributed by atoms with Gasteiger partial charge in [0, 0.05) is 11.6 Å². The highest BCUT2D eigenvalue weighted by molar-refractivity contribution is 5.98. The number of ether oxygens (including phenoxy) is 2. The minimum atomic E-state index is -0.459. The summed E-state index contributed by atoms with van der Waals surface area (Å²) in [7, 11) is 3.00. The summed E-state index contributed by atoms with van der Waals surface area (Å²) in [5.74, 6) is 0.0590. The van der Waals surface area contributed by atoms with Gasteiger partial charge in [-0.15, -0.1) is 0 Å². The van der Waals surface area contributed by atoms with Crippen LogP contribution in [0.15, 0.2) is 42.5 Å². The van der Waals surface area contributed by atoms with Gasteiger partial charge in [-0.2, -0.15) is 0 Å². The van der Waals surface area contributed by atoms with Crippen LogP contribution in [-0.4, -0.2) is 26.0 Å². The standard InChI is InChI=1S/C20H22N2O4/c1-13-5-6-15(14(2)11-13)8-10-19(23)21-22-20(24)16-7-9-17(25-3)18(12-16)26-4/h5-12H,1-4H3,(H,21,23)(H,22,24)/b10-8+. The van der Waals surface area contributed by atoms with Crippen LogP contribution in [0.25, 0.3) is 6.08 Å². The van der Waals surface area contributed by atoms with E-state index in [0.29, 0.717) is 17.1 Å². The molecule has 0 fully saturated rings. The van der Waals surface area contributed by atoms with E-state index in [-0.39, 0.29) is 0 Å². The predicted molar refractivity (Wildman–Crippen MR) is 100 cm³/mol. The zero-order chi connectivity index (χ0) is 19.1. The molecular formula is C20H22N2O4. The molecule has 6 heteroatoms. The molecule has 0 radical (unpaired) electrons. The minimum Gasteiger partial charge on any atom is -0.493 e. The molecule has 6 nitrogen and oxygen atoms in total. The Kier molecular flexibility index (Phi) is 6.38. The summed E-state index contributed by atoms with van der Waals surface area (Å²) in [4.78, 5) is 24.0. The first-order valence-electron chi connectivity index (χ1n) is 8.02. The molecule has 0 aliphatic rings. The number of carbonyl (C=O) groups is 2. The van der Waals surface area contributed by atoms with Crippen molar-refractivity contribution >= 4 is 17.9 Å². The number of methoxy groups -OCH3 is 2. The molecule has 2 rings (SSSR count). The number of hydrogen-bond acceptors (Lipinski definition) is 4. The van der Waals surface area contributed by atoms with Crippen molar-refractivity contribution in [1.82, 2.24) is 10.9 Å². The van der Waals surface area contributed by atoms with E-state index < -0.39 is 11.8 Å². The molecule has 0 spiro atoms. The smallest absolute Gasteiger partial charge is 0.269 e. The molecule has 2 amide bonds. The van der Waals surface area contributed by atoms with Crippen LogP contribution in [0.5, 0.6) is 11.5 Å². The summed E-state index contributed by atoms with van der Waals surface area (Å²) < 4.78 is 10.3. The molecule has 0 heterocycles. The van der Waals surface area contributed by atoms with Crippen molar-refractivity contribution in [3.8, 4) is 11.5 Å². The number of carbonyl (C=O) groups excluding carboxylic acids is 2. The monoisotopic (exact) mass is 354 g/mol. The number of benzene rings is 2. The largest absolute Gasteiger partial charge is 0.493 e. The van der Waals surface area contributed by atoms with Gasteiger partial charge in [0.15, 0.2) is 11.5 Å². The number of rotatable bonds is 5. The molecule has 0 saturated carbocycles. The van der Waals surface area contributed by atoms with Gasteiger partial charge in [-0.3, -0.25) is 20.4 Å². The first-order valence-corrected chi connectivity index (χ1v) is 8.02. The van der Waals surface area contributed by atoms with Gasteiger partial charge < -0.3 is 9.47 Å². The molecule has 0 atom stereocenters. The van der Waals surface area contributed by atoms with Gasteiger partial charge >= 0.3 is 0 Å². The molecule has 2 aromatic rings. The van der Waals surface area contributed by atoms with Crippen LogP contribution in [0, 0.1) is 13.8 Å².